The molecule has 5 aromatic carbocycles. The highest BCUT2D eigenvalue weighted by molar-refractivity contribution is 7.26. The summed E-state index contributed by atoms with van der Waals surface area (Å²) in [5, 5.41) is 5.61. The Labute approximate surface area is 236 Å². The highest BCUT2D eigenvalue weighted by atomic mass is 32.1. The van der Waals surface area contributed by atoms with Crippen LogP contribution in [-0.2, 0) is 6.54 Å². The van der Waals surface area contributed by atoms with Crippen LogP contribution in [0.3, 0.4) is 0 Å². The predicted molar refractivity (Wildman–Crippen MR) is 165 cm³/mol. The van der Waals surface area contributed by atoms with Gasteiger partial charge < -0.3 is 5.32 Å². The zero-order valence-electron chi connectivity index (χ0n) is 21.6. The number of imidazole rings is 1. The van der Waals surface area contributed by atoms with Crippen LogP contribution in [0.15, 0.2) is 134 Å². The molecule has 1 amide bonds. The molecule has 0 radical (unpaired) electrons. The van der Waals surface area contributed by atoms with Gasteiger partial charge in [0.25, 0.3) is 5.91 Å². The topological polar surface area (TPSA) is 46.9 Å². The smallest absolute Gasteiger partial charge is 0.270 e. The monoisotopic (exact) mass is 535 g/mol. The molecule has 0 saturated heterocycles. The van der Waals surface area contributed by atoms with Crippen molar-refractivity contribution in [3.8, 4) is 27.9 Å². The Bertz CT molecular complexity index is 1970. The molecule has 0 aliphatic rings. The third-order valence-electron chi connectivity index (χ3n) is 7.22. The van der Waals surface area contributed by atoms with E-state index in [1.54, 1.807) is 12.5 Å². The van der Waals surface area contributed by atoms with Gasteiger partial charge in [0.05, 0.1) is 12.5 Å². The van der Waals surface area contributed by atoms with Crippen molar-refractivity contribution in [2.24, 2.45) is 0 Å². The lowest BCUT2D eigenvalue weighted by Gasteiger charge is -2.11. The first kappa shape index (κ1) is 24.1. The Hall–Kier alpha value is -5.00. The maximum atomic E-state index is 13.2. The molecular weight excluding hydrogens is 510 g/mol. The fraction of sp³-hybridized carbons (Fsp3) is 0.0286. The molecule has 0 aliphatic carbocycles. The van der Waals surface area contributed by atoms with Gasteiger partial charge in [0.1, 0.15) is 5.69 Å². The van der Waals surface area contributed by atoms with Crippen LogP contribution in [0.2, 0.25) is 0 Å². The second-order valence-corrected chi connectivity index (χ2v) is 10.8. The highest BCUT2D eigenvalue weighted by Gasteiger charge is 2.15. The van der Waals surface area contributed by atoms with Crippen LogP contribution in [-0.4, -0.2) is 15.5 Å². The van der Waals surface area contributed by atoms with Gasteiger partial charge in [-0.15, -0.1) is 11.3 Å². The van der Waals surface area contributed by atoms with E-state index < -0.39 is 0 Å². The van der Waals surface area contributed by atoms with Gasteiger partial charge in [0.15, 0.2) is 0 Å². The van der Waals surface area contributed by atoms with E-state index in [4.69, 9.17) is 0 Å². The van der Waals surface area contributed by atoms with Crippen molar-refractivity contribution < 1.29 is 4.79 Å². The van der Waals surface area contributed by atoms with Gasteiger partial charge in [-0.25, -0.2) is 4.98 Å². The number of amides is 1. The molecule has 2 heterocycles. The summed E-state index contributed by atoms with van der Waals surface area (Å²) in [5.41, 5.74) is 7.05. The molecule has 4 nitrogen and oxygen atoms in total. The minimum absolute atomic E-state index is 0.165. The predicted octanol–water partition coefficient (Wildman–Crippen LogP) is 8.50. The molecule has 0 bridgehead atoms. The van der Waals surface area contributed by atoms with Crippen LogP contribution < -0.4 is 5.32 Å². The number of carbonyl (C=O) groups is 1. The summed E-state index contributed by atoms with van der Waals surface area (Å²) in [6.45, 7) is 0.438. The van der Waals surface area contributed by atoms with Crippen molar-refractivity contribution in [2.75, 3.05) is 0 Å². The molecule has 2 aromatic heterocycles. The van der Waals surface area contributed by atoms with E-state index in [1.165, 1.54) is 31.3 Å². The average molecular weight is 536 g/mol. The van der Waals surface area contributed by atoms with Gasteiger partial charge in [0.2, 0.25) is 0 Å². The second-order valence-electron chi connectivity index (χ2n) is 9.73. The Kier molecular flexibility index (Phi) is 6.19. The first-order valence-corrected chi connectivity index (χ1v) is 14.0. The number of benzene rings is 5. The normalized spacial score (nSPS) is 11.2. The number of thiophene rings is 1. The maximum absolute atomic E-state index is 13.2. The van der Waals surface area contributed by atoms with Gasteiger partial charge in [-0.3, -0.25) is 9.36 Å². The summed E-state index contributed by atoms with van der Waals surface area (Å²) >= 11 is 1.82. The Balaban J connectivity index is 1.13. The average Bonchev–Trinajstić information content (AvgIpc) is 3.66. The van der Waals surface area contributed by atoms with Crippen LogP contribution in [0.1, 0.15) is 16.1 Å². The zero-order chi connectivity index (χ0) is 26.9. The SMILES string of the molecule is O=C(NCc1ccc(-c2ccccc2)cc1)c1cncn1-c1cccc(-c2cccc3c2sc2ccccc23)c1. The van der Waals surface area contributed by atoms with Gasteiger partial charge in [0, 0.05) is 32.4 Å². The summed E-state index contributed by atoms with van der Waals surface area (Å²) in [7, 11) is 0. The number of nitrogens with zero attached hydrogens (tertiary/aromatic N) is 2. The van der Waals surface area contributed by atoms with Crippen molar-refractivity contribution in [1.82, 2.24) is 14.9 Å². The maximum Gasteiger partial charge on any atom is 0.270 e. The number of nitrogens with one attached hydrogen (secondary N) is 1. The number of fused-ring (bicyclic) bond motifs is 3. The molecule has 40 heavy (non-hydrogen) atoms. The lowest BCUT2D eigenvalue weighted by molar-refractivity contribution is 0.0944. The third-order valence-corrected chi connectivity index (χ3v) is 8.44. The van der Waals surface area contributed by atoms with Crippen LogP contribution in [0.4, 0.5) is 0 Å². The molecule has 7 aromatic rings. The van der Waals surface area contributed by atoms with E-state index in [9.17, 15) is 4.79 Å². The quantitative estimate of drug-likeness (QED) is 0.232. The Morgan fingerprint density at radius 1 is 0.725 bits per heavy atom. The molecule has 7 rings (SSSR count). The molecule has 0 unspecified atom stereocenters. The van der Waals surface area contributed by atoms with Gasteiger partial charge in [-0.05, 0) is 46.0 Å². The summed E-state index contributed by atoms with van der Waals surface area (Å²) in [6, 6.07) is 41.9. The largest absolute Gasteiger partial charge is 0.347 e. The number of hydrogen-bond donors (Lipinski definition) is 1. The minimum atomic E-state index is -0.165. The molecule has 0 fully saturated rings. The molecule has 0 saturated carbocycles. The molecule has 0 aliphatic heterocycles. The number of rotatable bonds is 6. The van der Waals surface area contributed by atoms with E-state index in [0.717, 1.165) is 22.4 Å². The van der Waals surface area contributed by atoms with E-state index in [-0.39, 0.29) is 5.91 Å². The van der Waals surface area contributed by atoms with Crippen LogP contribution in [0.5, 0.6) is 0 Å². The van der Waals surface area contributed by atoms with Crippen molar-refractivity contribution in [3.63, 3.8) is 0 Å². The molecule has 192 valence electrons. The second kappa shape index (κ2) is 10.3. The van der Waals surface area contributed by atoms with Crippen molar-refractivity contribution in [3.05, 3.63) is 145 Å². The first-order chi connectivity index (χ1) is 19.7. The zero-order valence-corrected chi connectivity index (χ0v) is 22.4. The van der Waals surface area contributed by atoms with Crippen LogP contribution >= 0.6 is 11.3 Å². The van der Waals surface area contributed by atoms with E-state index in [1.807, 2.05) is 46.2 Å². The molecular formula is C35H25N3OS. The van der Waals surface area contributed by atoms with Crippen molar-refractivity contribution in [1.29, 1.82) is 0 Å². The van der Waals surface area contributed by atoms with E-state index in [0.29, 0.717) is 12.2 Å². The lowest BCUT2D eigenvalue weighted by atomic mass is 10.0. The van der Waals surface area contributed by atoms with Crippen molar-refractivity contribution in [2.45, 2.75) is 6.54 Å². The molecule has 0 atom stereocenters. The molecule has 1 N–H and O–H groups in total. The van der Waals surface area contributed by atoms with Crippen LogP contribution in [0, 0.1) is 0 Å². The fourth-order valence-electron chi connectivity index (χ4n) is 5.19. The summed E-state index contributed by atoms with van der Waals surface area (Å²) in [4.78, 5) is 17.5. The highest BCUT2D eigenvalue weighted by Crippen LogP contribution is 2.40. The van der Waals surface area contributed by atoms with E-state index in [2.05, 4.69) is 101 Å². The molecule has 0 spiro atoms. The fourth-order valence-corrected chi connectivity index (χ4v) is 6.42. The van der Waals surface area contributed by atoms with Crippen molar-refractivity contribution >= 4 is 37.4 Å². The van der Waals surface area contributed by atoms with Gasteiger partial charge in [-0.2, -0.15) is 0 Å². The molecule has 5 heteroatoms. The Morgan fingerprint density at radius 3 is 2.33 bits per heavy atom. The first-order valence-electron chi connectivity index (χ1n) is 13.2. The van der Waals surface area contributed by atoms with Gasteiger partial charge in [-0.1, -0.05) is 103 Å². The summed E-state index contributed by atoms with van der Waals surface area (Å²) in [5.74, 6) is -0.165. The number of aromatic nitrogens is 2. The Morgan fingerprint density at radius 2 is 1.45 bits per heavy atom. The third kappa shape index (κ3) is 4.46. The lowest BCUT2D eigenvalue weighted by Crippen LogP contribution is -2.25. The minimum Gasteiger partial charge on any atom is -0.347 e. The summed E-state index contributed by atoms with van der Waals surface area (Å²) in [6.07, 6.45) is 3.32. The summed E-state index contributed by atoms with van der Waals surface area (Å²) < 4.78 is 4.40. The number of hydrogen-bond acceptors (Lipinski definition) is 3. The number of carbonyl (C=O) groups excluding carboxylic acids is 1. The standard InChI is InChI=1S/C35H25N3OS/c39-35(37-21-24-16-18-26(19-17-24)25-8-2-1-3-9-25)32-22-36-23-38(32)28-11-6-10-27(20-28)29-13-7-14-31-30-12-4-5-15-33(30)40-34(29)31/h1-20,22-23H,21H2,(H,37,39). The van der Waals surface area contributed by atoms with Gasteiger partial charge >= 0.3 is 0 Å². The van der Waals surface area contributed by atoms with Crippen LogP contribution in [0.25, 0.3) is 48.1 Å². The van der Waals surface area contributed by atoms with E-state index >= 15 is 0 Å².